The smallest absolute Gasteiger partial charge is 0.234 e. The van der Waals surface area contributed by atoms with Gasteiger partial charge in [-0.25, -0.2) is 0 Å². The first-order valence-electron chi connectivity index (χ1n) is 6.51. The predicted octanol–water partition coefficient (Wildman–Crippen LogP) is 1.93. The molecule has 0 bridgehead atoms. The van der Waals surface area contributed by atoms with E-state index in [0.29, 0.717) is 24.5 Å². The van der Waals surface area contributed by atoms with Crippen LogP contribution in [0.3, 0.4) is 0 Å². The molecule has 1 rings (SSSR count). The van der Waals surface area contributed by atoms with Crippen molar-refractivity contribution < 1.29 is 4.79 Å². The van der Waals surface area contributed by atoms with Crippen LogP contribution in [0.15, 0.2) is 0 Å². The molecule has 0 radical (unpaired) electrons. The van der Waals surface area contributed by atoms with Gasteiger partial charge in [0.25, 0.3) is 0 Å². The summed E-state index contributed by atoms with van der Waals surface area (Å²) in [7, 11) is 0. The quantitative estimate of drug-likeness (QED) is 0.769. The Morgan fingerprint density at radius 2 is 2.00 bits per heavy atom. The minimum atomic E-state index is 0.139. The van der Waals surface area contributed by atoms with Crippen molar-refractivity contribution in [3.8, 4) is 0 Å². The largest absolute Gasteiger partial charge is 0.352 e. The van der Waals surface area contributed by atoms with Crippen LogP contribution >= 0.6 is 0 Å². The number of hydrogen-bond acceptors (Lipinski definition) is 2. The molecule has 0 spiro atoms. The Bertz CT molecular complexity index is 228. The molecule has 1 amide bonds. The van der Waals surface area contributed by atoms with Crippen molar-refractivity contribution in [2.75, 3.05) is 6.54 Å². The second-order valence-corrected chi connectivity index (χ2v) is 5.61. The third-order valence-electron chi connectivity index (χ3n) is 3.45. The van der Waals surface area contributed by atoms with Gasteiger partial charge in [-0.2, -0.15) is 0 Å². The molecule has 0 saturated heterocycles. The third-order valence-corrected chi connectivity index (χ3v) is 3.45. The molecule has 1 saturated carbocycles. The van der Waals surface area contributed by atoms with Gasteiger partial charge in [-0.3, -0.25) is 4.79 Å². The van der Waals surface area contributed by atoms with E-state index in [1.807, 2.05) is 0 Å². The van der Waals surface area contributed by atoms with Crippen LogP contribution in [0.4, 0.5) is 0 Å². The van der Waals surface area contributed by atoms with Crippen molar-refractivity contribution in [1.29, 1.82) is 0 Å². The minimum absolute atomic E-state index is 0.139. The van der Waals surface area contributed by atoms with E-state index in [0.717, 1.165) is 12.3 Å². The van der Waals surface area contributed by atoms with Crippen molar-refractivity contribution in [3.05, 3.63) is 0 Å². The lowest BCUT2D eigenvalue weighted by Gasteiger charge is -2.33. The topological polar surface area (TPSA) is 41.1 Å². The van der Waals surface area contributed by atoms with Crippen molar-refractivity contribution in [3.63, 3.8) is 0 Å². The van der Waals surface area contributed by atoms with Gasteiger partial charge in [-0.15, -0.1) is 0 Å². The Kier molecular flexibility index (Phi) is 5.26. The first kappa shape index (κ1) is 13.5. The lowest BCUT2D eigenvalue weighted by Crippen LogP contribution is -2.46. The van der Waals surface area contributed by atoms with Crippen molar-refractivity contribution in [2.24, 2.45) is 11.8 Å². The summed E-state index contributed by atoms with van der Waals surface area (Å²) in [5.41, 5.74) is 0. The van der Waals surface area contributed by atoms with E-state index in [1.165, 1.54) is 12.8 Å². The van der Waals surface area contributed by atoms with E-state index in [9.17, 15) is 4.79 Å². The van der Waals surface area contributed by atoms with Crippen LogP contribution in [0.5, 0.6) is 0 Å². The van der Waals surface area contributed by atoms with Gasteiger partial charge in [0, 0.05) is 12.1 Å². The predicted molar refractivity (Wildman–Crippen MR) is 67.2 cm³/mol. The van der Waals surface area contributed by atoms with Crippen LogP contribution in [-0.4, -0.2) is 24.5 Å². The summed E-state index contributed by atoms with van der Waals surface area (Å²) >= 11 is 0. The molecule has 0 aromatic carbocycles. The highest BCUT2D eigenvalue weighted by Crippen LogP contribution is 2.28. The lowest BCUT2D eigenvalue weighted by molar-refractivity contribution is -0.121. The zero-order valence-electron chi connectivity index (χ0n) is 11.0. The average Bonchev–Trinajstić information content (AvgIpc) is 2.19. The highest BCUT2D eigenvalue weighted by atomic mass is 16.2. The minimum Gasteiger partial charge on any atom is -0.352 e. The van der Waals surface area contributed by atoms with Crippen LogP contribution in [-0.2, 0) is 4.79 Å². The van der Waals surface area contributed by atoms with Gasteiger partial charge in [0.1, 0.15) is 0 Å². The molecular formula is C13H26N2O. The molecule has 1 fully saturated rings. The summed E-state index contributed by atoms with van der Waals surface area (Å²) in [6, 6.07) is 0.757. The van der Waals surface area contributed by atoms with E-state index < -0.39 is 0 Å². The number of nitrogens with one attached hydrogen (secondary N) is 2. The van der Waals surface area contributed by atoms with E-state index in [-0.39, 0.29) is 5.91 Å². The number of carbonyl (C=O) groups excluding carboxylic acids is 1. The van der Waals surface area contributed by atoms with Gasteiger partial charge < -0.3 is 10.6 Å². The summed E-state index contributed by atoms with van der Waals surface area (Å²) in [5, 5.41) is 6.29. The standard InChI is InChI=1S/C13H26N2O/c1-9(2)14-8-13(16)15-12-6-5-10(3)7-11(12)4/h9-12,14H,5-8H2,1-4H3,(H,15,16). The zero-order chi connectivity index (χ0) is 12.1. The Hall–Kier alpha value is -0.570. The maximum absolute atomic E-state index is 11.7. The summed E-state index contributed by atoms with van der Waals surface area (Å²) in [6.45, 7) is 9.10. The van der Waals surface area contributed by atoms with E-state index >= 15 is 0 Å². The maximum Gasteiger partial charge on any atom is 0.234 e. The highest BCUT2D eigenvalue weighted by molar-refractivity contribution is 5.78. The van der Waals surface area contributed by atoms with E-state index in [1.54, 1.807) is 0 Å². The van der Waals surface area contributed by atoms with Crippen molar-refractivity contribution in [1.82, 2.24) is 10.6 Å². The van der Waals surface area contributed by atoms with Crippen molar-refractivity contribution >= 4 is 5.91 Å². The van der Waals surface area contributed by atoms with Gasteiger partial charge >= 0.3 is 0 Å². The molecule has 0 aliphatic heterocycles. The summed E-state index contributed by atoms with van der Waals surface area (Å²) < 4.78 is 0. The fourth-order valence-corrected chi connectivity index (χ4v) is 2.43. The van der Waals surface area contributed by atoms with Crippen LogP contribution in [0, 0.1) is 11.8 Å². The summed E-state index contributed by atoms with van der Waals surface area (Å²) in [6.07, 6.45) is 3.62. The van der Waals surface area contributed by atoms with Gasteiger partial charge in [0.15, 0.2) is 0 Å². The molecule has 3 atom stereocenters. The van der Waals surface area contributed by atoms with Crippen molar-refractivity contribution in [2.45, 2.75) is 59.0 Å². The number of hydrogen-bond donors (Lipinski definition) is 2. The number of rotatable bonds is 4. The monoisotopic (exact) mass is 226 g/mol. The average molecular weight is 226 g/mol. The third kappa shape index (κ3) is 4.52. The van der Waals surface area contributed by atoms with Crippen LogP contribution in [0.2, 0.25) is 0 Å². The molecule has 16 heavy (non-hydrogen) atoms. The number of amides is 1. The van der Waals surface area contributed by atoms with Crippen LogP contribution in [0.1, 0.15) is 47.0 Å². The Labute approximate surface area is 99.4 Å². The van der Waals surface area contributed by atoms with Gasteiger partial charge in [-0.05, 0) is 31.1 Å². The first-order valence-corrected chi connectivity index (χ1v) is 6.51. The molecule has 3 nitrogen and oxygen atoms in total. The van der Waals surface area contributed by atoms with Gasteiger partial charge in [-0.1, -0.05) is 27.7 Å². The molecular weight excluding hydrogens is 200 g/mol. The zero-order valence-corrected chi connectivity index (χ0v) is 11.0. The molecule has 2 N–H and O–H groups in total. The SMILES string of the molecule is CC1CCC(NC(=O)CNC(C)C)C(C)C1. The first-order chi connectivity index (χ1) is 7.49. The van der Waals surface area contributed by atoms with E-state index in [2.05, 4.69) is 38.3 Å². The second-order valence-electron chi connectivity index (χ2n) is 5.61. The lowest BCUT2D eigenvalue weighted by atomic mass is 9.80. The van der Waals surface area contributed by atoms with E-state index in [4.69, 9.17) is 0 Å². The fourth-order valence-electron chi connectivity index (χ4n) is 2.43. The number of carbonyl (C=O) groups is 1. The molecule has 1 aliphatic carbocycles. The molecule has 3 heteroatoms. The molecule has 1 aliphatic rings. The molecule has 0 aromatic heterocycles. The van der Waals surface area contributed by atoms with Crippen LogP contribution < -0.4 is 10.6 Å². The molecule has 0 aromatic rings. The maximum atomic E-state index is 11.7. The molecule has 3 unspecified atom stereocenters. The Morgan fingerprint density at radius 3 is 2.56 bits per heavy atom. The summed E-state index contributed by atoms with van der Waals surface area (Å²) in [5.74, 6) is 1.57. The Morgan fingerprint density at radius 1 is 1.31 bits per heavy atom. The fraction of sp³-hybridized carbons (Fsp3) is 0.923. The normalized spacial score (nSPS) is 30.4. The van der Waals surface area contributed by atoms with Crippen LogP contribution in [0.25, 0.3) is 0 Å². The summed E-state index contributed by atoms with van der Waals surface area (Å²) in [4.78, 5) is 11.7. The van der Waals surface area contributed by atoms with Gasteiger partial charge in [0.2, 0.25) is 5.91 Å². The second kappa shape index (κ2) is 6.24. The van der Waals surface area contributed by atoms with Gasteiger partial charge in [0.05, 0.1) is 6.54 Å². The molecule has 0 heterocycles. The highest BCUT2D eigenvalue weighted by Gasteiger charge is 2.26. The Balaban J connectivity index is 2.28. The molecule has 94 valence electrons.